The fourth-order valence-corrected chi connectivity index (χ4v) is 3.08. The summed E-state index contributed by atoms with van der Waals surface area (Å²) in [6, 6.07) is 9.21. The van der Waals surface area contributed by atoms with Crippen LogP contribution in [-0.4, -0.2) is 62.6 Å². The van der Waals surface area contributed by atoms with Crippen LogP contribution in [0.2, 0.25) is 0 Å². The van der Waals surface area contributed by atoms with E-state index in [0.29, 0.717) is 0 Å². The van der Waals surface area contributed by atoms with Gasteiger partial charge < -0.3 is 9.67 Å². The molecule has 25 heavy (non-hydrogen) atoms. The summed E-state index contributed by atoms with van der Waals surface area (Å²) in [7, 11) is 1.99. The minimum atomic E-state index is -0.801. The maximum absolute atomic E-state index is 11.7. The van der Waals surface area contributed by atoms with Gasteiger partial charge in [0.05, 0.1) is 6.54 Å². The Balaban J connectivity index is 1.58. The third-order valence-electron chi connectivity index (χ3n) is 4.61. The molecule has 132 valence electrons. The van der Waals surface area contributed by atoms with E-state index >= 15 is 0 Å². The zero-order chi connectivity index (χ0) is 17.6. The zero-order valence-corrected chi connectivity index (χ0v) is 14.5. The van der Waals surface area contributed by atoms with Crippen LogP contribution in [0.1, 0.15) is 11.4 Å². The van der Waals surface area contributed by atoms with Gasteiger partial charge in [0.15, 0.2) is 0 Å². The zero-order valence-electron chi connectivity index (χ0n) is 14.5. The van der Waals surface area contributed by atoms with Crippen LogP contribution < -0.4 is 0 Å². The van der Waals surface area contributed by atoms with Gasteiger partial charge in [-0.1, -0.05) is 42.5 Å². The summed E-state index contributed by atoms with van der Waals surface area (Å²) in [5, 5.41) is 9.59. The van der Waals surface area contributed by atoms with E-state index in [1.54, 1.807) is 12.3 Å². The number of aryl methyl sites for hydroxylation is 1. The van der Waals surface area contributed by atoms with E-state index in [1.807, 2.05) is 59.1 Å². The molecule has 0 radical (unpaired) electrons. The van der Waals surface area contributed by atoms with Crippen molar-refractivity contribution in [2.75, 3.05) is 26.2 Å². The molecular weight excluding hydrogens is 316 g/mol. The second-order valence-electron chi connectivity index (χ2n) is 6.32. The largest absolute Gasteiger partial charge is 0.480 e. The van der Waals surface area contributed by atoms with Crippen molar-refractivity contribution in [2.45, 2.75) is 12.6 Å². The number of carbonyl (C=O) groups is 1. The van der Waals surface area contributed by atoms with Gasteiger partial charge in [0.1, 0.15) is 11.9 Å². The molecule has 1 aliphatic heterocycles. The number of aromatic nitrogens is 2. The van der Waals surface area contributed by atoms with Crippen molar-refractivity contribution in [3.05, 3.63) is 60.2 Å². The number of piperazine rings is 1. The van der Waals surface area contributed by atoms with Gasteiger partial charge in [-0.15, -0.1) is 0 Å². The average Bonchev–Trinajstić information content (AvgIpc) is 3.02. The van der Waals surface area contributed by atoms with Crippen LogP contribution in [0, 0.1) is 0 Å². The van der Waals surface area contributed by atoms with E-state index in [0.717, 1.165) is 44.1 Å². The molecule has 6 heteroatoms. The van der Waals surface area contributed by atoms with Crippen LogP contribution in [-0.2, 0) is 18.4 Å². The van der Waals surface area contributed by atoms with Gasteiger partial charge in [0.25, 0.3) is 0 Å². The number of aliphatic carboxylic acids is 1. The van der Waals surface area contributed by atoms with Crippen LogP contribution in [0.5, 0.6) is 0 Å². The van der Waals surface area contributed by atoms with Crippen LogP contribution in [0.25, 0.3) is 6.08 Å². The molecule has 0 spiro atoms. The number of rotatable bonds is 6. The van der Waals surface area contributed by atoms with Crippen LogP contribution in [0.4, 0.5) is 0 Å². The molecule has 2 aromatic rings. The summed E-state index contributed by atoms with van der Waals surface area (Å²) in [4.78, 5) is 20.4. The molecule has 3 rings (SSSR count). The fraction of sp³-hybridized carbons (Fsp3) is 0.368. The normalized spacial score (nSPS) is 17.8. The molecule has 1 fully saturated rings. The smallest absolute Gasteiger partial charge is 0.324 e. The molecule has 1 aromatic carbocycles. The Morgan fingerprint density at radius 3 is 2.56 bits per heavy atom. The molecule has 2 heterocycles. The Morgan fingerprint density at radius 1 is 1.24 bits per heavy atom. The molecule has 1 aromatic heterocycles. The number of imidazole rings is 1. The molecule has 6 nitrogen and oxygen atoms in total. The minimum absolute atomic E-state index is 0.587. The number of hydrogen-bond donors (Lipinski definition) is 1. The number of hydrogen-bond acceptors (Lipinski definition) is 4. The van der Waals surface area contributed by atoms with Gasteiger partial charge in [-0.2, -0.15) is 0 Å². The van der Waals surface area contributed by atoms with Crippen molar-refractivity contribution in [1.29, 1.82) is 0 Å². The quantitative estimate of drug-likeness (QED) is 0.867. The van der Waals surface area contributed by atoms with E-state index in [-0.39, 0.29) is 0 Å². The highest BCUT2D eigenvalue weighted by atomic mass is 16.4. The van der Waals surface area contributed by atoms with Crippen LogP contribution in [0.3, 0.4) is 0 Å². The summed E-state index contributed by atoms with van der Waals surface area (Å²) >= 11 is 0. The van der Waals surface area contributed by atoms with Crippen LogP contribution in [0.15, 0.2) is 48.8 Å². The van der Waals surface area contributed by atoms with Gasteiger partial charge in [0, 0.05) is 45.6 Å². The van der Waals surface area contributed by atoms with Crippen LogP contribution >= 0.6 is 0 Å². The lowest BCUT2D eigenvalue weighted by atomic mass is 10.1. The van der Waals surface area contributed by atoms with E-state index < -0.39 is 12.0 Å². The number of carboxylic acid groups (broad SMARTS) is 1. The third-order valence-corrected chi connectivity index (χ3v) is 4.61. The third kappa shape index (κ3) is 4.55. The monoisotopic (exact) mass is 340 g/mol. The van der Waals surface area contributed by atoms with E-state index in [4.69, 9.17) is 0 Å². The van der Waals surface area contributed by atoms with Crippen molar-refractivity contribution in [3.63, 3.8) is 0 Å². The van der Waals surface area contributed by atoms with Crippen molar-refractivity contribution >= 4 is 12.0 Å². The number of benzene rings is 1. The van der Waals surface area contributed by atoms with E-state index in [1.165, 1.54) is 0 Å². The highest BCUT2D eigenvalue weighted by Crippen LogP contribution is 2.12. The van der Waals surface area contributed by atoms with E-state index in [9.17, 15) is 9.90 Å². The van der Waals surface area contributed by atoms with Gasteiger partial charge in [-0.05, 0) is 5.56 Å². The standard InChI is InChI=1S/C19H24N4O2/c1-21-10-9-20-18(21)15-22-11-13-23(14-12-22)17(19(24)25)8-7-16-5-3-2-4-6-16/h2-10,17H,11-15H2,1H3,(H,24,25)/b8-7+. The van der Waals surface area contributed by atoms with Gasteiger partial charge in [-0.3, -0.25) is 14.6 Å². The molecule has 1 saturated heterocycles. The first-order valence-corrected chi connectivity index (χ1v) is 8.52. The highest BCUT2D eigenvalue weighted by molar-refractivity contribution is 5.77. The lowest BCUT2D eigenvalue weighted by Gasteiger charge is -2.36. The molecule has 1 N–H and O–H groups in total. The number of nitrogens with zero attached hydrogens (tertiary/aromatic N) is 4. The predicted molar refractivity (Wildman–Crippen MR) is 97.0 cm³/mol. The first-order valence-electron chi connectivity index (χ1n) is 8.52. The highest BCUT2D eigenvalue weighted by Gasteiger charge is 2.27. The first kappa shape index (κ1) is 17.4. The Labute approximate surface area is 148 Å². The Hall–Kier alpha value is -2.44. The molecule has 0 amide bonds. The van der Waals surface area contributed by atoms with Crippen molar-refractivity contribution in [2.24, 2.45) is 7.05 Å². The second kappa shape index (κ2) is 8.09. The minimum Gasteiger partial charge on any atom is -0.480 e. The lowest BCUT2D eigenvalue weighted by Crippen LogP contribution is -2.51. The molecule has 1 aliphatic rings. The number of carboxylic acids is 1. The Kier molecular flexibility index (Phi) is 5.63. The summed E-state index contributed by atoms with van der Waals surface area (Å²) in [5.74, 6) is 0.233. The summed E-state index contributed by atoms with van der Waals surface area (Å²) in [6.45, 7) is 3.96. The Bertz CT molecular complexity index is 718. The topological polar surface area (TPSA) is 61.6 Å². The first-order chi connectivity index (χ1) is 12.1. The summed E-state index contributed by atoms with van der Waals surface area (Å²) in [5.41, 5.74) is 1.02. The maximum Gasteiger partial charge on any atom is 0.324 e. The SMILES string of the molecule is Cn1ccnc1CN1CCN(C(/C=C/c2ccccc2)C(=O)O)CC1. The molecule has 0 aliphatic carbocycles. The average molecular weight is 340 g/mol. The molecule has 0 bridgehead atoms. The van der Waals surface area contributed by atoms with Gasteiger partial charge in [0.2, 0.25) is 0 Å². The Morgan fingerprint density at radius 2 is 1.96 bits per heavy atom. The van der Waals surface area contributed by atoms with Crippen molar-refractivity contribution < 1.29 is 9.90 Å². The lowest BCUT2D eigenvalue weighted by molar-refractivity contribution is -0.142. The second-order valence-corrected chi connectivity index (χ2v) is 6.32. The fourth-order valence-electron chi connectivity index (χ4n) is 3.08. The van der Waals surface area contributed by atoms with E-state index in [2.05, 4.69) is 9.88 Å². The molecule has 1 unspecified atom stereocenters. The van der Waals surface area contributed by atoms with Gasteiger partial charge in [-0.25, -0.2) is 4.98 Å². The summed E-state index contributed by atoms with van der Waals surface area (Å²) in [6.07, 6.45) is 7.42. The molecule has 1 atom stereocenters. The van der Waals surface area contributed by atoms with Crippen molar-refractivity contribution in [1.82, 2.24) is 19.4 Å². The van der Waals surface area contributed by atoms with Crippen molar-refractivity contribution in [3.8, 4) is 0 Å². The predicted octanol–water partition coefficient (Wildman–Crippen LogP) is 1.70. The summed E-state index contributed by atoms with van der Waals surface area (Å²) < 4.78 is 2.02. The molecular formula is C19H24N4O2. The maximum atomic E-state index is 11.7. The van der Waals surface area contributed by atoms with Gasteiger partial charge >= 0.3 is 5.97 Å². The molecule has 0 saturated carbocycles.